The first kappa shape index (κ1) is 34.0. The Hall–Kier alpha value is -0.202. The average molecular weight is 623 g/mol. The van der Waals surface area contributed by atoms with Crippen LogP contribution in [0, 0.1) is 6.92 Å². The van der Waals surface area contributed by atoms with Crippen LogP contribution >= 0.6 is 0 Å². The van der Waals surface area contributed by atoms with Crippen LogP contribution < -0.4 is 0 Å². The second kappa shape index (κ2) is 12.3. The van der Waals surface area contributed by atoms with Gasteiger partial charge in [-0.15, -0.1) is 0 Å². The Labute approximate surface area is 235 Å². The van der Waals surface area contributed by atoms with Gasteiger partial charge in [0.2, 0.25) is 0 Å². The smallest absolute Gasteiger partial charge is 0.297 e. The van der Waals surface area contributed by atoms with Crippen molar-refractivity contribution in [2.45, 2.75) is 121 Å². The molecule has 2 rings (SSSR count). The van der Waals surface area contributed by atoms with Crippen molar-refractivity contribution in [2.24, 2.45) is 0 Å². The highest BCUT2D eigenvalue weighted by molar-refractivity contribution is 7.86. The Morgan fingerprint density at radius 2 is 1.08 bits per heavy atom. The molecule has 1 saturated heterocycles. The Bertz CT molecular complexity index is 1010. The molecule has 0 bridgehead atoms. The maximum absolute atomic E-state index is 13.1. The van der Waals surface area contributed by atoms with Crippen LogP contribution in [0.4, 0.5) is 0 Å². The van der Waals surface area contributed by atoms with Crippen molar-refractivity contribution in [3.63, 3.8) is 0 Å². The van der Waals surface area contributed by atoms with Crippen LogP contribution in [0.2, 0.25) is 78.6 Å². The van der Waals surface area contributed by atoms with Crippen molar-refractivity contribution < 1.29 is 35.0 Å². The van der Waals surface area contributed by atoms with E-state index in [1.54, 1.807) is 24.3 Å². The van der Waals surface area contributed by atoms with Gasteiger partial charge < -0.3 is 22.4 Å². The normalized spacial score (nSPS) is 26.0. The molecule has 0 aliphatic carbocycles. The first-order chi connectivity index (χ1) is 17.0. The second-order valence-electron chi connectivity index (χ2n) is 13.9. The largest absolute Gasteiger partial charge is 0.409 e. The summed E-state index contributed by atoms with van der Waals surface area (Å²) in [5.74, 6) is 0. The second-order valence-corrected chi connectivity index (χ2v) is 33.4. The molecular formula is C25H50O8SSi4. The molecule has 0 spiro atoms. The molecule has 1 aromatic carbocycles. The third-order valence-electron chi connectivity index (χ3n) is 5.23. The first-order valence-electron chi connectivity index (χ1n) is 13.3. The first-order valence-corrected chi connectivity index (χ1v) is 28.3. The molecular weight excluding hydrogens is 573 g/mol. The van der Waals surface area contributed by atoms with Crippen molar-refractivity contribution in [1.29, 1.82) is 0 Å². The van der Waals surface area contributed by atoms with Crippen LogP contribution in [0.3, 0.4) is 0 Å². The number of hydrogen-bond donors (Lipinski definition) is 0. The molecule has 1 aliphatic heterocycles. The molecule has 5 atom stereocenters. The summed E-state index contributed by atoms with van der Waals surface area (Å²) in [6.07, 6.45) is -3.04. The van der Waals surface area contributed by atoms with Crippen molar-refractivity contribution in [1.82, 2.24) is 0 Å². The molecule has 8 nitrogen and oxygen atoms in total. The molecule has 0 aromatic heterocycles. The van der Waals surface area contributed by atoms with Crippen molar-refractivity contribution >= 4 is 43.4 Å². The molecule has 1 aromatic rings. The maximum atomic E-state index is 13.1. The van der Waals surface area contributed by atoms with Crippen molar-refractivity contribution in [3.8, 4) is 0 Å². The zero-order chi connectivity index (χ0) is 29.3. The van der Waals surface area contributed by atoms with Crippen LogP contribution in [0.15, 0.2) is 29.2 Å². The highest BCUT2D eigenvalue weighted by atomic mass is 32.2. The van der Waals surface area contributed by atoms with E-state index in [4.69, 9.17) is 26.6 Å². The summed E-state index contributed by atoms with van der Waals surface area (Å²) >= 11 is 0. The summed E-state index contributed by atoms with van der Waals surface area (Å²) in [5, 5.41) is 0. The van der Waals surface area contributed by atoms with E-state index in [-0.39, 0.29) is 11.5 Å². The van der Waals surface area contributed by atoms with Gasteiger partial charge in [0.15, 0.2) is 39.6 Å². The van der Waals surface area contributed by atoms with E-state index in [9.17, 15) is 8.42 Å². The molecule has 0 N–H and O–H groups in total. The van der Waals surface area contributed by atoms with Crippen LogP contribution in [0.1, 0.15) is 5.56 Å². The van der Waals surface area contributed by atoms with Gasteiger partial charge >= 0.3 is 0 Å². The summed E-state index contributed by atoms with van der Waals surface area (Å²) in [5.41, 5.74) is 0.967. The Kier molecular flexibility index (Phi) is 11.0. The van der Waals surface area contributed by atoms with E-state index in [0.29, 0.717) is 0 Å². The van der Waals surface area contributed by atoms with E-state index in [1.165, 1.54) is 0 Å². The Morgan fingerprint density at radius 1 is 0.658 bits per heavy atom. The summed E-state index contributed by atoms with van der Waals surface area (Å²) < 4.78 is 65.0. The molecule has 1 aliphatic rings. The highest BCUT2D eigenvalue weighted by Crippen LogP contribution is 2.35. The van der Waals surface area contributed by atoms with Gasteiger partial charge in [-0.2, -0.15) is 8.42 Å². The lowest BCUT2D eigenvalue weighted by Gasteiger charge is -2.51. The van der Waals surface area contributed by atoms with Gasteiger partial charge in [0.1, 0.15) is 24.4 Å². The monoisotopic (exact) mass is 622 g/mol. The average Bonchev–Trinajstić information content (AvgIpc) is 2.68. The molecule has 13 heteroatoms. The predicted octanol–water partition coefficient (Wildman–Crippen LogP) is 5.94. The van der Waals surface area contributed by atoms with E-state index < -0.39 is 74.1 Å². The third-order valence-corrected chi connectivity index (χ3v) is 10.4. The van der Waals surface area contributed by atoms with Gasteiger partial charge in [-0.25, -0.2) is 0 Å². The topological polar surface area (TPSA) is 89.5 Å². The van der Waals surface area contributed by atoms with E-state index in [1.807, 2.05) is 6.92 Å². The van der Waals surface area contributed by atoms with Crippen LogP contribution in [0.25, 0.3) is 0 Å². The molecule has 0 saturated carbocycles. The Morgan fingerprint density at radius 3 is 1.53 bits per heavy atom. The highest BCUT2D eigenvalue weighted by Gasteiger charge is 2.53. The summed E-state index contributed by atoms with van der Waals surface area (Å²) in [6.45, 7) is 27.0. The lowest BCUT2D eigenvalue weighted by atomic mass is 9.99. The number of benzene rings is 1. The molecule has 220 valence electrons. The fourth-order valence-electron chi connectivity index (χ4n) is 4.01. The van der Waals surface area contributed by atoms with Crippen LogP contribution in [-0.2, 0) is 36.7 Å². The van der Waals surface area contributed by atoms with Crippen molar-refractivity contribution in [3.05, 3.63) is 29.8 Å². The predicted molar refractivity (Wildman–Crippen MR) is 162 cm³/mol. The SMILES string of the molecule is Cc1ccc(S(=O)(=O)OC[C@H]2OC(O[Si](C)(C)C)[C@H](O[Si](C)(C)C)[C@@H](O[Si](C)(C)C)[C@@H]2O[Si](C)(C)C)cc1. The number of rotatable bonds is 12. The Balaban J connectivity index is 2.53. The minimum atomic E-state index is -4.00. The van der Waals surface area contributed by atoms with Gasteiger partial charge in [0.25, 0.3) is 10.1 Å². The number of hydrogen-bond acceptors (Lipinski definition) is 8. The van der Waals surface area contributed by atoms with Crippen LogP contribution in [-0.4, -0.2) is 79.0 Å². The number of aryl methyl sites for hydroxylation is 1. The summed E-state index contributed by atoms with van der Waals surface area (Å²) in [7, 11) is -12.4. The van der Waals surface area contributed by atoms with Gasteiger partial charge in [-0.05, 0) is 97.6 Å². The van der Waals surface area contributed by atoms with E-state index >= 15 is 0 Å². The molecule has 1 heterocycles. The van der Waals surface area contributed by atoms with Gasteiger partial charge in [0, 0.05) is 0 Å². The van der Waals surface area contributed by atoms with Gasteiger partial charge in [0.05, 0.1) is 11.5 Å². The van der Waals surface area contributed by atoms with Crippen LogP contribution in [0.5, 0.6) is 0 Å². The molecule has 0 radical (unpaired) electrons. The van der Waals surface area contributed by atoms with Gasteiger partial charge in [-0.3, -0.25) is 4.18 Å². The van der Waals surface area contributed by atoms with Crippen molar-refractivity contribution in [2.75, 3.05) is 6.61 Å². The molecule has 0 amide bonds. The fourth-order valence-corrected chi connectivity index (χ4v) is 9.07. The standard InChI is InChI=1S/C25H50O8SSi4/c1-19-14-16-20(17-15-19)34(26,27)28-18-21-22(30-35(2,3)4)23(31-36(5,6)7)24(32-37(8,9)10)25(29-21)33-38(11,12)13/h14-17,21-25H,18H2,1-13H3/t21-,22-,23+,24-,25?/m1/s1. The fraction of sp³-hybridized carbons (Fsp3) is 0.760. The number of ether oxygens (including phenoxy) is 1. The van der Waals surface area contributed by atoms with Gasteiger partial charge in [-0.1, -0.05) is 17.7 Å². The molecule has 38 heavy (non-hydrogen) atoms. The maximum Gasteiger partial charge on any atom is 0.297 e. The quantitative estimate of drug-likeness (QED) is 0.209. The zero-order valence-electron chi connectivity index (χ0n) is 25.6. The third kappa shape index (κ3) is 11.4. The zero-order valence-corrected chi connectivity index (χ0v) is 30.4. The molecule has 1 fully saturated rings. The minimum absolute atomic E-state index is 0.103. The lowest BCUT2D eigenvalue weighted by molar-refractivity contribution is -0.267. The summed E-state index contributed by atoms with van der Waals surface area (Å²) in [4.78, 5) is 0.103. The van der Waals surface area contributed by atoms with E-state index in [0.717, 1.165) is 5.56 Å². The summed E-state index contributed by atoms with van der Waals surface area (Å²) in [6, 6.07) is 6.60. The molecule has 1 unspecified atom stereocenters. The lowest BCUT2D eigenvalue weighted by Crippen LogP contribution is -2.67. The minimum Gasteiger partial charge on any atom is -0.409 e. The van der Waals surface area contributed by atoms with E-state index in [2.05, 4.69) is 78.6 Å².